The molecular formula is C21H23N5O5S. The van der Waals surface area contributed by atoms with E-state index in [2.05, 4.69) is 21.4 Å². The highest BCUT2D eigenvalue weighted by molar-refractivity contribution is 7.09. The van der Waals surface area contributed by atoms with E-state index in [1.165, 1.54) is 11.3 Å². The van der Waals surface area contributed by atoms with E-state index < -0.39 is 41.7 Å². The van der Waals surface area contributed by atoms with Crippen molar-refractivity contribution in [1.82, 2.24) is 26.4 Å². The first kappa shape index (κ1) is 22.9. The minimum absolute atomic E-state index is 0.195. The Hall–Kier alpha value is -3.73. The van der Waals surface area contributed by atoms with Gasteiger partial charge in [-0.25, -0.2) is 4.79 Å². The third-order valence-corrected chi connectivity index (χ3v) is 5.75. The van der Waals surface area contributed by atoms with Gasteiger partial charge in [-0.05, 0) is 36.8 Å². The van der Waals surface area contributed by atoms with Gasteiger partial charge in [0.1, 0.15) is 5.54 Å². The summed E-state index contributed by atoms with van der Waals surface area (Å²) in [4.78, 5) is 61.6. The molecule has 1 aliphatic rings. The number of carbonyl (C=O) groups excluding carboxylic acids is 5. The van der Waals surface area contributed by atoms with Crippen molar-refractivity contribution < 1.29 is 24.0 Å². The zero-order chi connectivity index (χ0) is 23.1. The summed E-state index contributed by atoms with van der Waals surface area (Å²) in [5.74, 6) is -3.32. The van der Waals surface area contributed by atoms with Gasteiger partial charge in [-0.1, -0.05) is 36.4 Å². The van der Waals surface area contributed by atoms with Crippen molar-refractivity contribution in [2.75, 3.05) is 6.54 Å². The second-order valence-electron chi connectivity index (χ2n) is 7.37. The van der Waals surface area contributed by atoms with Crippen molar-refractivity contribution >= 4 is 41.0 Å². The minimum atomic E-state index is -1.18. The number of nitrogens with one attached hydrogen (secondary N) is 4. The molecule has 1 aromatic carbocycles. The molecule has 2 aromatic rings. The van der Waals surface area contributed by atoms with E-state index in [1.54, 1.807) is 6.92 Å². The Kier molecular flexibility index (Phi) is 7.21. The molecule has 11 heteroatoms. The van der Waals surface area contributed by atoms with Crippen LogP contribution >= 0.6 is 11.3 Å². The molecule has 10 nitrogen and oxygen atoms in total. The minimum Gasteiger partial charge on any atom is -0.343 e. The fourth-order valence-electron chi connectivity index (χ4n) is 3.06. The Morgan fingerprint density at radius 2 is 1.75 bits per heavy atom. The van der Waals surface area contributed by atoms with E-state index in [-0.39, 0.29) is 6.54 Å². The molecule has 1 atom stereocenters. The van der Waals surface area contributed by atoms with E-state index >= 15 is 0 Å². The SMILES string of the molecule is C[C@@]1(CCc2ccccc2)NC(=O)N(NC(=O)CNC(=O)C(=O)NCc2cccs2)C1=O. The number of aryl methyl sites for hydroxylation is 1. The summed E-state index contributed by atoms with van der Waals surface area (Å²) in [5, 5.41) is 9.61. The number of thiophene rings is 1. The van der Waals surface area contributed by atoms with Crippen LogP contribution in [-0.2, 0) is 32.1 Å². The molecule has 1 aliphatic heterocycles. The van der Waals surface area contributed by atoms with Gasteiger partial charge in [0.15, 0.2) is 0 Å². The number of urea groups is 1. The Morgan fingerprint density at radius 3 is 2.44 bits per heavy atom. The molecule has 4 N–H and O–H groups in total. The Bertz CT molecular complexity index is 1010. The number of rotatable bonds is 8. The van der Waals surface area contributed by atoms with Crippen LogP contribution in [0.25, 0.3) is 0 Å². The highest BCUT2D eigenvalue weighted by Crippen LogP contribution is 2.22. The Morgan fingerprint density at radius 1 is 1.03 bits per heavy atom. The average molecular weight is 458 g/mol. The summed E-state index contributed by atoms with van der Waals surface area (Å²) in [7, 11) is 0. The van der Waals surface area contributed by atoms with Crippen molar-refractivity contribution in [2.45, 2.75) is 31.8 Å². The highest BCUT2D eigenvalue weighted by atomic mass is 32.1. The molecule has 0 radical (unpaired) electrons. The molecule has 0 unspecified atom stereocenters. The standard InChI is InChI=1S/C21H23N5O5S/c1-21(10-9-14-6-3-2-4-7-14)19(30)26(20(31)24-21)25-16(27)13-23-18(29)17(28)22-12-15-8-5-11-32-15/h2-8,11H,9-10,12-13H2,1H3,(H,22,28)(H,23,29)(H,24,31)(H,25,27)/t21-/m0/s1. The van der Waals surface area contributed by atoms with Gasteiger partial charge in [-0.15, -0.1) is 11.3 Å². The van der Waals surface area contributed by atoms with Gasteiger partial charge in [0, 0.05) is 4.88 Å². The summed E-state index contributed by atoms with van der Waals surface area (Å²) in [5.41, 5.74) is 2.01. The van der Waals surface area contributed by atoms with E-state index in [4.69, 9.17) is 0 Å². The first-order valence-corrected chi connectivity index (χ1v) is 10.7. The average Bonchev–Trinajstić information content (AvgIpc) is 3.38. The van der Waals surface area contributed by atoms with E-state index in [1.807, 2.05) is 47.8 Å². The summed E-state index contributed by atoms with van der Waals surface area (Å²) in [6, 6.07) is 12.4. The normalized spacial score (nSPS) is 17.6. The van der Waals surface area contributed by atoms with Crippen LogP contribution in [0.5, 0.6) is 0 Å². The maximum atomic E-state index is 12.7. The van der Waals surface area contributed by atoms with Crippen molar-refractivity contribution in [1.29, 1.82) is 0 Å². The van der Waals surface area contributed by atoms with Crippen LogP contribution in [0.15, 0.2) is 47.8 Å². The van der Waals surface area contributed by atoms with Gasteiger partial charge in [0.2, 0.25) is 0 Å². The van der Waals surface area contributed by atoms with Crippen LogP contribution in [0.1, 0.15) is 23.8 Å². The van der Waals surface area contributed by atoms with Gasteiger partial charge in [0.05, 0.1) is 13.1 Å². The Balaban J connectivity index is 1.45. The van der Waals surface area contributed by atoms with Crippen LogP contribution in [0.3, 0.4) is 0 Å². The van der Waals surface area contributed by atoms with E-state index in [9.17, 15) is 24.0 Å². The van der Waals surface area contributed by atoms with Gasteiger partial charge in [-0.2, -0.15) is 5.01 Å². The number of carbonyl (C=O) groups is 5. The molecule has 0 aliphatic carbocycles. The quantitative estimate of drug-likeness (QED) is 0.337. The molecular weight excluding hydrogens is 434 g/mol. The van der Waals surface area contributed by atoms with Gasteiger partial charge < -0.3 is 16.0 Å². The maximum Gasteiger partial charge on any atom is 0.344 e. The van der Waals surface area contributed by atoms with Crippen molar-refractivity contribution in [2.24, 2.45) is 0 Å². The van der Waals surface area contributed by atoms with Crippen LogP contribution in [0, 0.1) is 0 Å². The molecule has 32 heavy (non-hydrogen) atoms. The molecule has 1 aromatic heterocycles. The smallest absolute Gasteiger partial charge is 0.343 e. The molecule has 1 fully saturated rings. The summed E-state index contributed by atoms with van der Waals surface area (Å²) in [6.07, 6.45) is 0.900. The number of imide groups is 1. The number of hydrazine groups is 1. The third kappa shape index (κ3) is 5.70. The zero-order valence-electron chi connectivity index (χ0n) is 17.3. The summed E-state index contributed by atoms with van der Waals surface area (Å²) < 4.78 is 0. The van der Waals surface area contributed by atoms with Gasteiger partial charge in [0.25, 0.3) is 11.8 Å². The van der Waals surface area contributed by atoms with Gasteiger partial charge in [-0.3, -0.25) is 24.6 Å². The lowest BCUT2D eigenvalue weighted by Gasteiger charge is -2.21. The molecule has 1 saturated heterocycles. The topological polar surface area (TPSA) is 137 Å². The lowest BCUT2D eigenvalue weighted by molar-refractivity contribution is -0.141. The predicted molar refractivity (Wildman–Crippen MR) is 116 cm³/mol. The monoisotopic (exact) mass is 457 g/mol. The highest BCUT2D eigenvalue weighted by Gasteiger charge is 2.48. The fraction of sp³-hybridized carbons (Fsp3) is 0.286. The van der Waals surface area contributed by atoms with Crippen molar-refractivity contribution in [3.05, 3.63) is 58.3 Å². The molecule has 0 spiro atoms. The van der Waals surface area contributed by atoms with Crippen LogP contribution in [-0.4, -0.2) is 46.8 Å². The van der Waals surface area contributed by atoms with Crippen LogP contribution in [0.4, 0.5) is 4.79 Å². The number of hydrogen-bond acceptors (Lipinski definition) is 6. The second kappa shape index (κ2) is 10.1. The number of benzene rings is 1. The summed E-state index contributed by atoms with van der Waals surface area (Å²) >= 11 is 1.43. The van der Waals surface area contributed by atoms with Gasteiger partial charge >= 0.3 is 17.8 Å². The first-order chi connectivity index (χ1) is 15.3. The van der Waals surface area contributed by atoms with E-state index in [0.29, 0.717) is 17.9 Å². The predicted octanol–water partition coefficient (Wildman–Crippen LogP) is 0.455. The number of amides is 6. The number of nitrogens with zero attached hydrogens (tertiary/aromatic N) is 1. The lowest BCUT2D eigenvalue weighted by Crippen LogP contribution is -2.52. The van der Waals surface area contributed by atoms with Crippen LogP contribution in [0.2, 0.25) is 0 Å². The fourth-order valence-corrected chi connectivity index (χ4v) is 3.70. The zero-order valence-corrected chi connectivity index (χ0v) is 18.2. The maximum absolute atomic E-state index is 12.7. The van der Waals surface area contributed by atoms with Crippen molar-refractivity contribution in [3.63, 3.8) is 0 Å². The third-order valence-electron chi connectivity index (χ3n) is 4.87. The summed E-state index contributed by atoms with van der Waals surface area (Å²) in [6.45, 7) is 1.20. The lowest BCUT2D eigenvalue weighted by atomic mass is 9.93. The van der Waals surface area contributed by atoms with Crippen LogP contribution < -0.4 is 21.4 Å². The first-order valence-electron chi connectivity index (χ1n) is 9.87. The number of hydrogen-bond donors (Lipinski definition) is 4. The molecule has 0 bridgehead atoms. The molecule has 2 heterocycles. The van der Waals surface area contributed by atoms with Crippen molar-refractivity contribution in [3.8, 4) is 0 Å². The molecule has 0 saturated carbocycles. The van der Waals surface area contributed by atoms with E-state index in [0.717, 1.165) is 10.4 Å². The molecule has 3 rings (SSSR count). The molecule has 6 amide bonds. The Labute approximate surface area is 188 Å². The largest absolute Gasteiger partial charge is 0.344 e. The molecule has 168 valence electrons. The second-order valence-corrected chi connectivity index (χ2v) is 8.40.